The summed E-state index contributed by atoms with van der Waals surface area (Å²) >= 11 is 0. The fourth-order valence-electron chi connectivity index (χ4n) is 2.09. The Bertz CT molecular complexity index is 454. The first-order valence-electron chi connectivity index (χ1n) is 5.45. The zero-order chi connectivity index (χ0) is 11.9. The molecule has 17 heavy (non-hydrogen) atoms. The number of aromatic nitrogens is 1. The highest BCUT2D eigenvalue weighted by Gasteiger charge is 2.51. The molecule has 3 N–H and O–H groups in total. The number of rotatable bonds is 2. The van der Waals surface area contributed by atoms with Crippen molar-refractivity contribution < 1.29 is 14.3 Å². The Morgan fingerprint density at radius 3 is 3.06 bits per heavy atom. The van der Waals surface area contributed by atoms with E-state index in [4.69, 9.17) is 15.2 Å². The van der Waals surface area contributed by atoms with Crippen LogP contribution in [0.1, 0.15) is 0 Å². The molecule has 0 saturated carbocycles. The van der Waals surface area contributed by atoms with Crippen LogP contribution in [-0.2, 0) is 9.53 Å². The lowest BCUT2D eigenvalue weighted by Gasteiger charge is -2.46. The molecule has 1 aromatic rings. The number of pyridine rings is 1. The topological polar surface area (TPSA) is 86.5 Å². The van der Waals surface area contributed by atoms with Crippen molar-refractivity contribution in [1.82, 2.24) is 4.98 Å². The van der Waals surface area contributed by atoms with Crippen LogP contribution in [-0.4, -0.2) is 36.8 Å². The van der Waals surface area contributed by atoms with E-state index in [-0.39, 0.29) is 5.91 Å². The van der Waals surface area contributed by atoms with Crippen molar-refractivity contribution in [1.29, 1.82) is 0 Å². The second kappa shape index (κ2) is 3.68. The highest BCUT2D eigenvalue weighted by molar-refractivity contribution is 5.97. The van der Waals surface area contributed by atoms with Crippen LogP contribution in [0.3, 0.4) is 0 Å². The molecular weight excluding hydrogens is 222 g/mol. The SMILES string of the molecule is NCC1(C2Oc3cccnc3NC2=O)COC1. The van der Waals surface area contributed by atoms with Gasteiger partial charge in [0.05, 0.1) is 18.6 Å². The van der Waals surface area contributed by atoms with E-state index in [0.717, 1.165) is 0 Å². The average molecular weight is 235 g/mol. The Hall–Kier alpha value is -1.66. The first-order chi connectivity index (χ1) is 8.25. The summed E-state index contributed by atoms with van der Waals surface area (Å²) < 4.78 is 10.9. The van der Waals surface area contributed by atoms with Crippen LogP contribution in [0.15, 0.2) is 18.3 Å². The molecule has 1 amide bonds. The van der Waals surface area contributed by atoms with E-state index in [1.807, 2.05) is 0 Å². The third kappa shape index (κ3) is 1.49. The minimum Gasteiger partial charge on any atom is -0.476 e. The Morgan fingerprint density at radius 2 is 2.41 bits per heavy atom. The molecule has 2 aliphatic heterocycles. The summed E-state index contributed by atoms with van der Waals surface area (Å²) in [4.78, 5) is 16.0. The third-order valence-corrected chi connectivity index (χ3v) is 3.24. The van der Waals surface area contributed by atoms with Crippen molar-refractivity contribution >= 4 is 11.7 Å². The molecule has 3 heterocycles. The number of amides is 1. The van der Waals surface area contributed by atoms with Crippen LogP contribution in [0.5, 0.6) is 5.75 Å². The average Bonchev–Trinajstić information content (AvgIpc) is 2.29. The van der Waals surface area contributed by atoms with Crippen LogP contribution in [0.4, 0.5) is 5.82 Å². The summed E-state index contributed by atoms with van der Waals surface area (Å²) in [6, 6.07) is 3.54. The largest absolute Gasteiger partial charge is 0.476 e. The number of nitrogens with one attached hydrogen (secondary N) is 1. The Balaban J connectivity index is 1.92. The quantitative estimate of drug-likeness (QED) is 0.738. The fourth-order valence-corrected chi connectivity index (χ4v) is 2.09. The Morgan fingerprint density at radius 1 is 1.59 bits per heavy atom. The number of carbonyl (C=O) groups excluding carboxylic acids is 1. The summed E-state index contributed by atoms with van der Waals surface area (Å²) in [7, 11) is 0. The zero-order valence-corrected chi connectivity index (χ0v) is 9.18. The van der Waals surface area contributed by atoms with E-state index in [0.29, 0.717) is 31.3 Å². The maximum atomic E-state index is 12.0. The Labute approximate surface area is 98.1 Å². The molecule has 1 aromatic heterocycles. The zero-order valence-electron chi connectivity index (χ0n) is 9.18. The minimum atomic E-state index is -0.599. The molecule has 3 rings (SSSR count). The van der Waals surface area contributed by atoms with Crippen LogP contribution >= 0.6 is 0 Å². The van der Waals surface area contributed by atoms with E-state index in [1.54, 1.807) is 18.3 Å². The van der Waals surface area contributed by atoms with Gasteiger partial charge >= 0.3 is 0 Å². The predicted molar refractivity (Wildman–Crippen MR) is 59.6 cm³/mol. The van der Waals surface area contributed by atoms with E-state index >= 15 is 0 Å². The summed E-state index contributed by atoms with van der Waals surface area (Å²) in [6.45, 7) is 1.27. The molecule has 6 nitrogen and oxygen atoms in total. The van der Waals surface area contributed by atoms with Gasteiger partial charge in [-0.25, -0.2) is 4.98 Å². The molecule has 0 aliphatic carbocycles. The van der Waals surface area contributed by atoms with Crippen LogP contribution in [0.25, 0.3) is 0 Å². The smallest absolute Gasteiger partial charge is 0.267 e. The van der Waals surface area contributed by atoms with Crippen molar-refractivity contribution in [3.63, 3.8) is 0 Å². The molecule has 0 spiro atoms. The number of anilines is 1. The van der Waals surface area contributed by atoms with Crippen molar-refractivity contribution in [2.75, 3.05) is 25.1 Å². The number of fused-ring (bicyclic) bond motifs is 1. The maximum absolute atomic E-state index is 12.0. The first kappa shape index (κ1) is 10.5. The van der Waals surface area contributed by atoms with Crippen molar-refractivity contribution in [2.45, 2.75) is 6.10 Å². The van der Waals surface area contributed by atoms with E-state index in [1.165, 1.54) is 0 Å². The summed E-state index contributed by atoms with van der Waals surface area (Å²) in [5.74, 6) is 0.836. The second-order valence-electron chi connectivity index (χ2n) is 4.40. The van der Waals surface area contributed by atoms with Crippen molar-refractivity contribution in [3.8, 4) is 5.75 Å². The van der Waals surface area contributed by atoms with Gasteiger partial charge in [-0.05, 0) is 12.1 Å². The van der Waals surface area contributed by atoms with E-state index in [2.05, 4.69) is 10.3 Å². The van der Waals surface area contributed by atoms with Crippen LogP contribution in [0, 0.1) is 5.41 Å². The highest BCUT2D eigenvalue weighted by Crippen LogP contribution is 2.37. The highest BCUT2D eigenvalue weighted by atomic mass is 16.5. The van der Waals surface area contributed by atoms with Gasteiger partial charge in [0.2, 0.25) is 0 Å². The number of carbonyl (C=O) groups is 1. The first-order valence-corrected chi connectivity index (χ1v) is 5.45. The number of hydrogen-bond donors (Lipinski definition) is 2. The van der Waals surface area contributed by atoms with Gasteiger partial charge in [0.25, 0.3) is 5.91 Å². The molecule has 1 fully saturated rings. The van der Waals surface area contributed by atoms with Gasteiger partial charge in [-0.1, -0.05) is 0 Å². The lowest BCUT2D eigenvalue weighted by Crippen LogP contribution is -2.62. The van der Waals surface area contributed by atoms with Gasteiger partial charge < -0.3 is 20.5 Å². The van der Waals surface area contributed by atoms with Crippen molar-refractivity contribution in [2.24, 2.45) is 11.1 Å². The number of ether oxygens (including phenoxy) is 2. The predicted octanol–water partition coefficient (Wildman–Crippen LogP) is -0.244. The maximum Gasteiger partial charge on any atom is 0.267 e. The monoisotopic (exact) mass is 235 g/mol. The van der Waals surface area contributed by atoms with Gasteiger partial charge in [-0.2, -0.15) is 0 Å². The van der Waals surface area contributed by atoms with Crippen LogP contribution in [0.2, 0.25) is 0 Å². The Kier molecular flexibility index (Phi) is 2.27. The normalized spacial score (nSPS) is 25.2. The molecule has 1 unspecified atom stereocenters. The minimum absolute atomic E-state index is 0.204. The summed E-state index contributed by atoms with van der Waals surface area (Å²) in [6.07, 6.45) is 1.01. The van der Waals surface area contributed by atoms with Gasteiger partial charge in [0, 0.05) is 12.7 Å². The number of nitrogens with zero attached hydrogens (tertiary/aromatic N) is 1. The third-order valence-electron chi connectivity index (χ3n) is 3.24. The summed E-state index contributed by atoms with van der Waals surface area (Å²) in [5.41, 5.74) is 5.32. The molecule has 90 valence electrons. The van der Waals surface area contributed by atoms with Gasteiger partial charge in [-0.3, -0.25) is 4.79 Å². The molecular formula is C11H13N3O3. The standard InChI is InChI=1S/C11H13N3O3/c12-4-11(5-16-6-11)8-10(15)14-9-7(17-8)2-1-3-13-9/h1-3,8H,4-6,12H2,(H,13,14,15). The molecule has 0 aromatic carbocycles. The molecule has 0 radical (unpaired) electrons. The van der Waals surface area contributed by atoms with Gasteiger partial charge in [0.15, 0.2) is 17.7 Å². The van der Waals surface area contributed by atoms with E-state index in [9.17, 15) is 4.79 Å². The van der Waals surface area contributed by atoms with Gasteiger partial charge in [-0.15, -0.1) is 0 Å². The molecule has 1 saturated heterocycles. The fraction of sp³-hybridized carbons (Fsp3) is 0.455. The molecule has 2 aliphatic rings. The van der Waals surface area contributed by atoms with Crippen LogP contribution < -0.4 is 15.8 Å². The van der Waals surface area contributed by atoms with Crippen molar-refractivity contribution in [3.05, 3.63) is 18.3 Å². The number of nitrogens with two attached hydrogens (primary N) is 1. The number of hydrogen-bond acceptors (Lipinski definition) is 5. The summed E-state index contributed by atoms with van der Waals surface area (Å²) in [5, 5.41) is 2.73. The molecule has 6 heteroatoms. The molecule has 0 bridgehead atoms. The molecule has 1 atom stereocenters. The van der Waals surface area contributed by atoms with E-state index < -0.39 is 11.5 Å². The lowest BCUT2D eigenvalue weighted by molar-refractivity contribution is -0.169. The second-order valence-corrected chi connectivity index (χ2v) is 4.40. The lowest BCUT2D eigenvalue weighted by atomic mass is 9.79. The van der Waals surface area contributed by atoms with Gasteiger partial charge in [0.1, 0.15) is 0 Å².